The highest BCUT2D eigenvalue weighted by Gasteiger charge is 2.25. The van der Waals surface area contributed by atoms with Crippen molar-refractivity contribution in [1.29, 1.82) is 0 Å². The number of aryl methyl sites for hydroxylation is 1. The van der Waals surface area contributed by atoms with E-state index in [1.54, 1.807) is 0 Å². The lowest BCUT2D eigenvalue weighted by molar-refractivity contribution is -0.117. The van der Waals surface area contributed by atoms with Gasteiger partial charge >= 0.3 is 0 Å². The Bertz CT molecular complexity index is 371. The lowest BCUT2D eigenvalue weighted by Crippen LogP contribution is -2.27. The fourth-order valence-electron chi connectivity index (χ4n) is 1.94. The van der Waals surface area contributed by atoms with Gasteiger partial charge in [-0.1, -0.05) is 19.1 Å². The minimum atomic E-state index is 0.243. The molecular formula is C12H15NO. The molecule has 1 aliphatic heterocycles. The maximum Gasteiger partial charge on any atom is 0.231 e. The molecule has 1 aromatic rings. The normalized spacial score (nSPS) is 14.7. The molecule has 1 amide bonds. The van der Waals surface area contributed by atoms with E-state index in [0.717, 1.165) is 18.7 Å². The second-order valence-corrected chi connectivity index (χ2v) is 3.85. The van der Waals surface area contributed by atoms with Gasteiger partial charge < -0.3 is 4.90 Å². The molecule has 1 aliphatic rings. The van der Waals surface area contributed by atoms with Gasteiger partial charge in [-0.15, -0.1) is 0 Å². The molecule has 0 N–H and O–H groups in total. The van der Waals surface area contributed by atoms with Crippen molar-refractivity contribution in [2.24, 2.45) is 0 Å². The predicted octanol–water partition coefficient (Wildman–Crippen LogP) is 2.29. The Balaban J connectivity index is 2.39. The van der Waals surface area contributed by atoms with E-state index in [2.05, 4.69) is 32.0 Å². The number of amides is 1. The molecule has 0 atom stereocenters. The summed E-state index contributed by atoms with van der Waals surface area (Å²) in [7, 11) is 0. The van der Waals surface area contributed by atoms with Crippen LogP contribution in [0.2, 0.25) is 0 Å². The van der Waals surface area contributed by atoms with E-state index in [4.69, 9.17) is 0 Å². The van der Waals surface area contributed by atoms with Crippen molar-refractivity contribution in [3.8, 4) is 0 Å². The van der Waals surface area contributed by atoms with Crippen LogP contribution in [-0.4, -0.2) is 12.5 Å². The van der Waals surface area contributed by atoms with Crippen LogP contribution in [0.1, 0.15) is 24.5 Å². The molecule has 0 unspecified atom stereocenters. The second kappa shape index (κ2) is 3.45. The number of rotatable bonds is 2. The summed E-state index contributed by atoms with van der Waals surface area (Å²) in [6.45, 7) is 5.00. The fraction of sp³-hybridized carbons (Fsp3) is 0.417. The topological polar surface area (TPSA) is 20.3 Å². The second-order valence-electron chi connectivity index (χ2n) is 3.85. The fourth-order valence-corrected chi connectivity index (χ4v) is 1.94. The highest BCUT2D eigenvalue weighted by Crippen LogP contribution is 2.29. The van der Waals surface area contributed by atoms with Crippen LogP contribution in [0.5, 0.6) is 0 Å². The molecule has 14 heavy (non-hydrogen) atoms. The molecule has 2 rings (SSSR count). The third kappa shape index (κ3) is 1.41. The predicted molar refractivity (Wildman–Crippen MR) is 57.5 cm³/mol. The molecule has 2 nitrogen and oxygen atoms in total. The first-order valence-electron chi connectivity index (χ1n) is 5.12. The van der Waals surface area contributed by atoms with Gasteiger partial charge in [0, 0.05) is 12.2 Å². The molecule has 74 valence electrons. The van der Waals surface area contributed by atoms with Crippen LogP contribution in [0.3, 0.4) is 0 Å². The highest BCUT2D eigenvalue weighted by molar-refractivity contribution is 6.01. The molecule has 0 fully saturated rings. The smallest absolute Gasteiger partial charge is 0.231 e. The van der Waals surface area contributed by atoms with Gasteiger partial charge in [-0.05, 0) is 30.5 Å². The molecule has 2 heteroatoms. The van der Waals surface area contributed by atoms with Crippen molar-refractivity contribution >= 4 is 11.6 Å². The first-order chi connectivity index (χ1) is 6.72. The Hall–Kier alpha value is -1.31. The molecular weight excluding hydrogens is 174 g/mol. The van der Waals surface area contributed by atoms with E-state index in [0.29, 0.717) is 6.42 Å². The SMILES string of the molecule is CCCN1C(=O)Cc2ccc(C)cc21. The van der Waals surface area contributed by atoms with E-state index >= 15 is 0 Å². The van der Waals surface area contributed by atoms with Crippen molar-refractivity contribution in [1.82, 2.24) is 0 Å². The quantitative estimate of drug-likeness (QED) is 0.699. The lowest BCUT2D eigenvalue weighted by atomic mass is 10.1. The molecule has 0 saturated heterocycles. The number of nitrogens with zero attached hydrogens (tertiary/aromatic N) is 1. The minimum absolute atomic E-state index is 0.243. The molecule has 1 aromatic carbocycles. The van der Waals surface area contributed by atoms with Gasteiger partial charge in [-0.2, -0.15) is 0 Å². The molecule has 0 bridgehead atoms. The lowest BCUT2D eigenvalue weighted by Gasteiger charge is -2.16. The van der Waals surface area contributed by atoms with Gasteiger partial charge in [-0.3, -0.25) is 4.79 Å². The van der Waals surface area contributed by atoms with Crippen molar-refractivity contribution < 1.29 is 4.79 Å². The summed E-state index contributed by atoms with van der Waals surface area (Å²) in [5.74, 6) is 0.243. The summed E-state index contributed by atoms with van der Waals surface area (Å²) in [4.78, 5) is 13.6. The average molecular weight is 189 g/mol. The molecule has 0 aromatic heterocycles. The third-order valence-corrected chi connectivity index (χ3v) is 2.62. The molecule has 0 aliphatic carbocycles. The van der Waals surface area contributed by atoms with Crippen LogP contribution in [0, 0.1) is 6.92 Å². The Labute approximate surface area is 84.5 Å². The Morgan fingerprint density at radius 1 is 1.43 bits per heavy atom. The van der Waals surface area contributed by atoms with Crippen LogP contribution >= 0.6 is 0 Å². The third-order valence-electron chi connectivity index (χ3n) is 2.62. The van der Waals surface area contributed by atoms with Crippen molar-refractivity contribution in [2.75, 3.05) is 11.4 Å². The van der Waals surface area contributed by atoms with Gasteiger partial charge in [0.1, 0.15) is 0 Å². The number of hydrogen-bond acceptors (Lipinski definition) is 1. The van der Waals surface area contributed by atoms with Crippen LogP contribution in [0.25, 0.3) is 0 Å². The first-order valence-corrected chi connectivity index (χ1v) is 5.12. The Morgan fingerprint density at radius 2 is 2.21 bits per heavy atom. The number of hydrogen-bond donors (Lipinski definition) is 0. The maximum absolute atomic E-state index is 11.7. The number of carbonyl (C=O) groups is 1. The van der Waals surface area contributed by atoms with Crippen molar-refractivity contribution in [3.05, 3.63) is 29.3 Å². The zero-order chi connectivity index (χ0) is 10.1. The summed E-state index contributed by atoms with van der Waals surface area (Å²) in [5.41, 5.74) is 3.52. The van der Waals surface area contributed by atoms with Crippen molar-refractivity contribution in [2.45, 2.75) is 26.7 Å². The van der Waals surface area contributed by atoms with Crippen LogP contribution in [0.15, 0.2) is 18.2 Å². The standard InChI is InChI=1S/C12H15NO/c1-3-6-13-11-7-9(2)4-5-10(11)8-12(13)14/h4-5,7H,3,6,8H2,1-2H3. The Kier molecular flexibility index (Phi) is 2.28. The van der Waals surface area contributed by atoms with E-state index in [9.17, 15) is 4.79 Å². The number of carbonyl (C=O) groups excluding carboxylic acids is 1. The summed E-state index contributed by atoms with van der Waals surface area (Å²) in [6, 6.07) is 6.25. The van der Waals surface area contributed by atoms with Gasteiger partial charge in [0.2, 0.25) is 5.91 Å². The van der Waals surface area contributed by atoms with Crippen molar-refractivity contribution in [3.63, 3.8) is 0 Å². The van der Waals surface area contributed by atoms with Gasteiger partial charge in [0.25, 0.3) is 0 Å². The van der Waals surface area contributed by atoms with Crippen LogP contribution in [0.4, 0.5) is 5.69 Å². The zero-order valence-electron chi connectivity index (χ0n) is 8.71. The first kappa shape index (κ1) is 9.25. The largest absolute Gasteiger partial charge is 0.312 e. The molecule has 0 saturated carbocycles. The zero-order valence-corrected chi connectivity index (χ0v) is 8.71. The van der Waals surface area contributed by atoms with E-state index < -0.39 is 0 Å². The number of fused-ring (bicyclic) bond motifs is 1. The van der Waals surface area contributed by atoms with Gasteiger partial charge in [0.05, 0.1) is 6.42 Å². The monoisotopic (exact) mass is 189 g/mol. The van der Waals surface area contributed by atoms with Crippen LogP contribution in [-0.2, 0) is 11.2 Å². The maximum atomic E-state index is 11.7. The van der Waals surface area contributed by atoms with E-state index in [1.807, 2.05) is 4.90 Å². The minimum Gasteiger partial charge on any atom is -0.312 e. The number of anilines is 1. The van der Waals surface area contributed by atoms with Gasteiger partial charge in [-0.25, -0.2) is 0 Å². The van der Waals surface area contributed by atoms with E-state index in [1.165, 1.54) is 11.1 Å². The van der Waals surface area contributed by atoms with E-state index in [-0.39, 0.29) is 5.91 Å². The number of benzene rings is 1. The molecule has 1 heterocycles. The summed E-state index contributed by atoms with van der Waals surface area (Å²) in [6.07, 6.45) is 1.59. The van der Waals surface area contributed by atoms with Crippen LogP contribution < -0.4 is 4.90 Å². The average Bonchev–Trinajstić information content (AvgIpc) is 2.45. The highest BCUT2D eigenvalue weighted by atomic mass is 16.2. The molecule has 0 spiro atoms. The Morgan fingerprint density at radius 3 is 2.93 bits per heavy atom. The summed E-state index contributed by atoms with van der Waals surface area (Å²) in [5, 5.41) is 0. The van der Waals surface area contributed by atoms with Gasteiger partial charge in [0.15, 0.2) is 0 Å². The summed E-state index contributed by atoms with van der Waals surface area (Å²) < 4.78 is 0. The summed E-state index contributed by atoms with van der Waals surface area (Å²) >= 11 is 0. The molecule has 0 radical (unpaired) electrons.